The minimum absolute atomic E-state index is 0.117. The lowest BCUT2D eigenvalue weighted by Gasteiger charge is -2.16. The SMILES string of the molecule is Cc1cnc(CCN(C)C(=O)Cc2sc(=S)[nH]c2C)s1. The van der Waals surface area contributed by atoms with Gasteiger partial charge in [-0.05, 0) is 26.1 Å². The molecule has 0 aliphatic rings. The summed E-state index contributed by atoms with van der Waals surface area (Å²) >= 11 is 8.25. The van der Waals surface area contributed by atoms with Gasteiger partial charge in [0.05, 0.1) is 11.4 Å². The van der Waals surface area contributed by atoms with E-state index in [0.717, 1.165) is 26.0 Å². The van der Waals surface area contributed by atoms with E-state index < -0.39 is 0 Å². The Hall–Kier alpha value is -1.05. The number of aryl methyl sites for hydroxylation is 2. The van der Waals surface area contributed by atoms with Crippen molar-refractivity contribution in [2.24, 2.45) is 0 Å². The summed E-state index contributed by atoms with van der Waals surface area (Å²) < 4.78 is 0.728. The molecule has 0 atom stereocenters. The number of hydrogen-bond acceptors (Lipinski definition) is 5. The lowest BCUT2D eigenvalue weighted by molar-refractivity contribution is -0.129. The largest absolute Gasteiger partial charge is 0.345 e. The Morgan fingerprint density at radius 1 is 1.45 bits per heavy atom. The number of carbonyl (C=O) groups is 1. The molecule has 0 spiro atoms. The molecule has 2 heterocycles. The second kappa shape index (κ2) is 6.60. The van der Waals surface area contributed by atoms with E-state index >= 15 is 0 Å². The van der Waals surface area contributed by atoms with Gasteiger partial charge >= 0.3 is 0 Å². The van der Waals surface area contributed by atoms with Gasteiger partial charge in [0.1, 0.15) is 0 Å². The van der Waals surface area contributed by atoms with Crippen LogP contribution in [0.3, 0.4) is 0 Å². The Labute approximate surface area is 131 Å². The zero-order valence-corrected chi connectivity index (χ0v) is 14.2. The van der Waals surface area contributed by atoms with Gasteiger partial charge < -0.3 is 9.88 Å². The molecule has 0 saturated heterocycles. The molecule has 7 heteroatoms. The molecular weight excluding hydrogens is 310 g/mol. The number of hydrogen-bond donors (Lipinski definition) is 1. The summed E-state index contributed by atoms with van der Waals surface area (Å²) in [4.78, 5) is 23.5. The summed E-state index contributed by atoms with van der Waals surface area (Å²) in [6.45, 7) is 4.69. The Morgan fingerprint density at radius 3 is 2.75 bits per heavy atom. The highest BCUT2D eigenvalue weighted by Gasteiger charge is 2.13. The average molecular weight is 328 g/mol. The van der Waals surface area contributed by atoms with E-state index in [9.17, 15) is 4.79 Å². The molecule has 0 aliphatic carbocycles. The number of amides is 1. The number of thiazole rings is 2. The van der Waals surface area contributed by atoms with Crippen molar-refractivity contribution in [2.45, 2.75) is 26.7 Å². The summed E-state index contributed by atoms with van der Waals surface area (Å²) in [6.07, 6.45) is 3.09. The molecule has 2 aromatic rings. The first-order valence-electron chi connectivity index (χ1n) is 6.29. The Bertz CT molecular complexity index is 656. The van der Waals surface area contributed by atoms with Crippen molar-refractivity contribution in [3.05, 3.63) is 30.6 Å². The normalized spacial score (nSPS) is 10.8. The third-order valence-electron chi connectivity index (χ3n) is 2.99. The first-order chi connectivity index (χ1) is 9.45. The molecule has 20 heavy (non-hydrogen) atoms. The fraction of sp³-hybridized carbons (Fsp3) is 0.462. The fourth-order valence-corrected chi connectivity index (χ4v) is 3.84. The summed E-state index contributed by atoms with van der Waals surface area (Å²) in [5.41, 5.74) is 0.997. The number of likely N-dealkylation sites (N-methyl/N-ethyl adjacent to an activating group) is 1. The third kappa shape index (κ3) is 3.97. The van der Waals surface area contributed by atoms with E-state index in [1.807, 2.05) is 27.1 Å². The van der Waals surface area contributed by atoms with Crippen LogP contribution in [-0.2, 0) is 17.6 Å². The number of carbonyl (C=O) groups excluding carboxylic acids is 1. The van der Waals surface area contributed by atoms with Crippen LogP contribution in [-0.4, -0.2) is 34.4 Å². The number of nitrogens with one attached hydrogen (secondary N) is 1. The number of aromatic amines is 1. The first kappa shape index (κ1) is 15.3. The molecule has 0 bridgehead atoms. The van der Waals surface area contributed by atoms with Gasteiger partial charge in [-0.1, -0.05) is 0 Å². The Balaban J connectivity index is 1.89. The lowest BCUT2D eigenvalue weighted by Crippen LogP contribution is -2.30. The molecule has 2 aromatic heterocycles. The van der Waals surface area contributed by atoms with Crippen molar-refractivity contribution < 1.29 is 4.79 Å². The smallest absolute Gasteiger partial charge is 0.227 e. The summed E-state index contributed by atoms with van der Waals surface area (Å²) in [5, 5.41) is 1.08. The van der Waals surface area contributed by atoms with Crippen LogP contribution >= 0.6 is 34.9 Å². The first-order valence-corrected chi connectivity index (χ1v) is 8.33. The minimum atomic E-state index is 0.117. The van der Waals surface area contributed by atoms with E-state index in [0.29, 0.717) is 13.0 Å². The fourth-order valence-electron chi connectivity index (χ4n) is 1.78. The molecule has 0 unspecified atom stereocenters. The van der Waals surface area contributed by atoms with Gasteiger partial charge in [0.2, 0.25) is 5.91 Å². The van der Waals surface area contributed by atoms with Crippen LogP contribution in [0.15, 0.2) is 6.20 Å². The second-order valence-corrected chi connectivity index (χ2v) is 7.76. The highest BCUT2D eigenvalue weighted by molar-refractivity contribution is 7.73. The predicted molar refractivity (Wildman–Crippen MR) is 86.1 cm³/mol. The van der Waals surface area contributed by atoms with Gasteiger partial charge in [-0.15, -0.1) is 22.7 Å². The van der Waals surface area contributed by atoms with Gasteiger partial charge in [-0.25, -0.2) is 4.98 Å². The van der Waals surface area contributed by atoms with Gasteiger partial charge in [-0.2, -0.15) is 0 Å². The van der Waals surface area contributed by atoms with E-state index in [1.165, 1.54) is 16.2 Å². The summed E-state index contributed by atoms with van der Waals surface area (Å²) in [7, 11) is 1.84. The highest BCUT2D eigenvalue weighted by Crippen LogP contribution is 2.16. The van der Waals surface area contributed by atoms with Crippen molar-refractivity contribution in [1.29, 1.82) is 0 Å². The topological polar surface area (TPSA) is 49.0 Å². The molecule has 0 aromatic carbocycles. The maximum atomic E-state index is 12.2. The van der Waals surface area contributed by atoms with E-state index in [1.54, 1.807) is 16.2 Å². The van der Waals surface area contributed by atoms with Crippen LogP contribution in [0.5, 0.6) is 0 Å². The summed E-state index contributed by atoms with van der Waals surface area (Å²) in [5.74, 6) is 0.117. The number of H-pyrrole nitrogens is 1. The number of nitrogens with zero attached hydrogens (tertiary/aromatic N) is 2. The minimum Gasteiger partial charge on any atom is -0.345 e. The van der Waals surface area contributed by atoms with Gasteiger partial charge in [0.15, 0.2) is 3.95 Å². The Morgan fingerprint density at radius 2 is 2.20 bits per heavy atom. The molecule has 1 amide bonds. The molecule has 1 N–H and O–H groups in total. The quantitative estimate of drug-likeness (QED) is 0.858. The average Bonchev–Trinajstić information content (AvgIpc) is 2.93. The molecule has 0 fully saturated rings. The molecule has 2 rings (SSSR count). The van der Waals surface area contributed by atoms with Gasteiger partial charge in [0, 0.05) is 41.7 Å². The maximum Gasteiger partial charge on any atom is 0.227 e. The van der Waals surface area contributed by atoms with Crippen molar-refractivity contribution in [1.82, 2.24) is 14.9 Å². The van der Waals surface area contributed by atoms with Gasteiger partial charge in [0.25, 0.3) is 0 Å². The molecule has 0 aliphatic heterocycles. The lowest BCUT2D eigenvalue weighted by atomic mass is 10.2. The van der Waals surface area contributed by atoms with Crippen LogP contribution in [0.2, 0.25) is 0 Å². The van der Waals surface area contributed by atoms with Crippen molar-refractivity contribution in [3.63, 3.8) is 0 Å². The van der Waals surface area contributed by atoms with Crippen molar-refractivity contribution in [3.8, 4) is 0 Å². The van der Waals surface area contributed by atoms with Crippen LogP contribution in [0.4, 0.5) is 0 Å². The summed E-state index contributed by atoms with van der Waals surface area (Å²) in [6, 6.07) is 0. The van der Waals surface area contributed by atoms with E-state index in [2.05, 4.69) is 9.97 Å². The molecular formula is C13H17N3OS3. The van der Waals surface area contributed by atoms with E-state index in [4.69, 9.17) is 12.2 Å². The Kier molecular flexibility index (Phi) is 5.06. The molecule has 4 nitrogen and oxygen atoms in total. The highest BCUT2D eigenvalue weighted by atomic mass is 32.1. The second-order valence-electron chi connectivity index (χ2n) is 4.67. The van der Waals surface area contributed by atoms with Gasteiger partial charge in [-0.3, -0.25) is 4.79 Å². The molecule has 0 radical (unpaired) electrons. The number of rotatable bonds is 5. The van der Waals surface area contributed by atoms with Crippen molar-refractivity contribution in [2.75, 3.05) is 13.6 Å². The number of aromatic nitrogens is 2. The standard InChI is InChI=1S/C13H17N3OS3/c1-8-7-14-11(19-8)4-5-16(3)12(17)6-10-9(2)15-13(18)20-10/h7H,4-6H2,1-3H3,(H,15,18). The zero-order valence-electron chi connectivity index (χ0n) is 11.7. The third-order valence-corrected chi connectivity index (χ3v) is 5.30. The molecule has 108 valence electrons. The predicted octanol–water partition coefficient (Wildman–Crippen LogP) is 3.12. The van der Waals surface area contributed by atoms with E-state index in [-0.39, 0.29) is 5.91 Å². The van der Waals surface area contributed by atoms with Crippen LogP contribution in [0, 0.1) is 17.8 Å². The van der Waals surface area contributed by atoms with Crippen molar-refractivity contribution >= 4 is 40.8 Å². The van der Waals surface area contributed by atoms with Crippen LogP contribution < -0.4 is 0 Å². The maximum absolute atomic E-state index is 12.2. The molecule has 0 saturated carbocycles. The van der Waals surface area contributed by atoms with Crippen LogP contribution in [0.25, 0.3) is 0 Å². The monoisotopic (exact) mass is 327 g/mol. The zero-order chi connectivity index (χ0) is 14.7. The van der Waals surface area contributed by atoms with Crippen LogP contribution in [0.1, 0.15) is 20.5 Å².